The van der Waals surface area contributed by atoms with Crippen molar-refractivity contribution in [2.75, 3.05) is 5.32 Å². The molecule has 3 unspecified atom stereocenters. The molecule has 3 heterocycles. The summed E-state index contributed by atoms with van der Waals surface area (Å²) in [5.74, 6) is 2.63. The fourth-order valence-electron chi connectivity index (χ4n) is 4.96. The van der Waals surface area contributed by atoms with E-state index in [9.17, 15) is 0 Å². The van der Waals surface area contributed by atoms with E-state index in [0.717, 1.165) is 53.9 Å². The van der Waals surface area contributed by atoms with E-state index in [1.165, 1.54) is 5.56 Å². The van der Waals surface area contributed by atoms with Crippen molar-refractivity contribution in [3.8, 4) is 5.75 Å². The van der Waals surface area contributed by atoms with Gasteiger partial charge in [-0.3, -0.25) is 4.98 Å². The Morgan fingerprint density at radius 2 is 2.09 bits per heavy atom. The fourth-order valence-corrected chi connectivity index (χ4v) is 5.19. The van der Waals surface area contributed by atoms with Crippen LogP contribution >= 0.6 is 11.6 Å². The third kappa shape index (κ3) is 5.30. The van der Waals surface area contributed by atoms with E-state index in [1.807, 2.05) is 36.4 Å². The molecule has 7 nitrogen and oxygen atoms in total. The van der Waals surface area contributed by atoms with Crippen LogP contribution in [-0.4, -0.2) is 26.2 Å². The van der Waals surface area contributed by atoms with Crippen LogP contribution in [0, 0.1) is 17.2 Å². The maximum Gasteiger partial charge on any atom is 0.143 e. The van der Waals surface area contributed by atoms with Crippen molar-refractivity contribution in [3.63, 3.8) is 0 Å². The molecule has 5 rings (SSSR count). The first-order valence-corrected chi connectivity index (χ1v) is 12.4. The smallest absolute Gasteiger partial charge is 0.143 e. The molecule has 0 radical (unpaired) electrons. The van der Waals surface area contributed by atoms with Crippen molar-refractivity contribution < 1.29 is 4.74 Å². The van der Waals surface area contributed by atoms with Gasteiger partial charge in [-0.2, -0.15) is 0 Å². The van der Waals surface area contributed by atoms with Gasteiger partial charge in [-0.05, 0) is 79.1 Å². The van der Waals surface area contributed by atoms with Gasteiger partial charge in [0.25, 0.3) is 0 Å². The Kier molecular flexibility index (Phi) is 6.95. The number of aromatic amines is 1. The van der Waals surface area contributed by atoms with E-state index in [1.54, 1.807) is 18.7 Å². The number of halogens is 1. The molecule has 0 aliphatic heterocycles. The lowest BCUT2D eigenvalue weighted by molar-refractivity contribution is 0.301. The number of hydrogen-bond donors (Lipinski definition) is 3. The number of ether oxygens (including phenoxy) is 1. The van der Waals surface area contributed by atoms with Crippen LogP contribution in [0.25, 0.3) is 11.0 Å². The molecule has 0 spiro atoms. The van der Waals surface area contributed by atoms with Crippen molar-refractivity contribution in [1.82, 2.24) is 19.9 Å². The molecular formula is C27H29ClN6O. The lowest BCUT2D eigenvalue weighted by Gasteiger charge is -2.19. The molecule has 8 heteroatoms. The number of hydrogen-bond acceptors (Lipinski definition) is 6. The van der Waals surface area contributed by atoms with Crippen molar-refractivity contribution in [2.24, 2.45) is 11.8 Å². The normalized spacial score (nSPS) is 20.3. The molecule has 0 bridgehead atoms. The highest BCUT2D eigenvalue weighted by atomic mass is 35.5. The summed E-state index contributed by atoms with van der Waals surface area (Å²) in [4.78, 5) is 16.6. The Labute approximate surface area is 209 Å². The van der Waals surface area contributed by atoms with Gasteiger partial charge in [0.1, 0.15) is 30.1 Å². The highest BCUT2D eigenvalue weighted by Crippen LogP contribution is 2.41. The molecule has 1 aromatic carbocycles. The predicted octanol–water partition coefficient (Wildman–Crippen LogP) is 6.89. The zero-order chi connectivity index (χ0) is 24.2. The number of anilines is 2. The standard InChI is InChI=1S/C27H29ClN6O/c1-17-5-6-18(13-29)11-19(10-17)22-14-31-26-25(22)27(33-16-32-26)34-20-7-8-24(23(28)12-20)35-15-21-4-2-3-9-30-21/h2-4,7-9,12-14,16-19,29H,5-6,10-11,15H2,1H3,(H2,31,32,33,34). The van der Waals surface area contributed by atoms with Crippen molar-refractivity contribution in [2.45, 2.75) is 45.1 Å². The van der Waals surface area contributed by atoms with E-state index < -0.39 is 0 Å². The van der Waals surface area contributed by atoms with Gasteiger partial charge >= 0.3 is 0 Å². The lowest BCUT2D eigenvalue weighted by atomic mass is 9.86. The number of H-pyrrole nitrogens is 1. The SMILES string of the molecule is CC1CCC(C=N)CC(c2c[nH]c3ncnc(Nc4ccc(OCc5ccccn5)c(Cl)c4)c23)C1. The summed E-state index contributed by atoms with van der Waals surface area (Å²) in [5.41, 5.74) is 3.68. The number of benzene rings is 1. The van der Waals surface area contributed by atoms with E-state index in [0.29, 0.717) is 35.1 Å². The highest BCUT2D eigenvalue weighted by Gasteiger charge is 2.27. The minimum Gasteiger partial charge on any atom is -0.486 e. The van der Waals surface area contributed by atoms with Crippen LogP contribution in [0.15, 0.2) is 55.1 Å². The largest absolute Gasteiger partial charge is 0.486 e. The average Bonchev–Trinajstić information content (AvgIpc) is 3.22. The number of rotatable bonds is 7. The van der Waals surface area contributed by atoms with Crippen molar-refractivity contribution in [1.29, 1.82) is 5.41 Å². The van der Waals surface area contributed by atoms with Gasteiger partial charge in [0.2, 0.25) is 0 Å². The predicted molar refractivity (Wildman–Crippen MR) is 140 cm³/mol. The second-order valence-corrected chi connectivity index (χ2v) is 9.75. The molecule has 1 aliphatic rings. The molecule has 3 atom stereocenters. The molecular weight excluding hydrogens is 460 g/mol. The van der Waals surface area contributed by atoms with Crippen molar-refractivity contribution in [3.05, 3.63) is 71.4 Å². The lowest BCUT2D eigenvalue weighted by Crippen LogP contribution is -2.07. The Bertz CT molecular complexity index is 1310. The third-order valence-electron chi connectivity index (χ3n) is 6.78. The molecule has 0 saturated heterocycles. The Morgan fingerprint density at radius 1 is 1.17 bits per heavy atom. The number of pyridine rings is 1. The topological polar surface area (TPSA) is 99.6 Å². The van der Waals surface area contributed by atoms with E-state index in [4.69, 9.17) is 21.7 Å². The van der Waals surface area contributed by atoms with Gasteiger partial charge in [0.05, 0.1) is 16.1 Å². The fraction of sp³-hybridized carbons (Fsp3) is 0.333. The van der Waals surface area contributed by atoms with Gasteiger partial charge < -0.3 is 20.4 Å². The molecule has 180 valence electrons. The maximum absolute atomic E-state index is 7.85. The van der Waals surface area contributed by atoms with Crippen LogP contribution in [0.5, 0.6) is 5.75 Å². The first-order valence-electron chi connectivity index (χ1n) is 12.0. The summed E-state index contributed by atoms with van der Waals surface area (Å²) >= 11 is 6.53. The molecule has 35 heavy (non-hydrogen) atoms. The summed E-state index contributed by atoms with van der Waals surface area (Å²) < 4.78 is 5.86. The highest BCUT2D eigenvalue weighted by molar-refractivity contribution is 6.32. The second-order valence-electron chi connectivity index (χ2n) is 9.35. The monoisotopic (exact) mass is 488 g/mol. The molecule has 0 amide bonds. The first-order chi connectivity index (χ1) is 17.1. The van der Waals surface area contributed by atoms with Crippen LogP contribution in [0.3, 0.4) is 0 Å². The third-order valence-corrected chi connectivity index (χ3v) is 7.07. The molecule has 1 fully saturated rings. The molecule has 4 aromatic rings. The number of nitrogens with one attached hydrogen (secondary N) is 3. The quantitative estimate of drug-likeness (QED) is 0.194. The Morgan fingerprint density at radius 3 is 2.89 bits per heavy atom. The van der Waals surface area contributed by atoms with Gasteiger partial charge in [-0.1, -0.05) is 31.0 Å². The number of fused-ring (bicyclic) bond motifs is 1. The summed E-state index contributed by atoms with van der Waals surface area (Å²) in [7, 11) is 0. The van der Waals surface area contributed by atoms with Crippen LogP contribution < -0.4 is 10.1 Å². The van der Waals surface area contributed by atoms with Crippen LogP contribution in [-0.2, 0) is 6.61 Å². The van der Waals surface area contributed by atoms with Crippen LogP contribution in [0.4, 0.5) is 11.5 Å². The first kappa shape index (κ1) is 23.3. The maximum atomic E-state index is 7.85. The van der Waals surface area contributed by atoms with E-state index >= 15 is 0 Å². The Hall–Kier alpha value is -3.45. The van der Waals surface area contributed by atoms with Gasteiger partial charge in [0.15, 0.2) is 0 Å². The van der Waals surface area contributed by atoms with Crippen LogP contribution in [0.2, 0.25) is 5.02 Å². The zero-order valence-electron chi connectivity index (χ0n) is 19.7. The second kappa shape index (κ2) is 10.4. The Balaban J connectivity index is 1.39. The minimum absolute atomic E-state index is 0.313. The van der Waals surface area contributed by atoms with Gasteiger partial charge in [-0.15, -0.1) is 0 Å². The van der Waals surface area contributed by atoms with Gasteiger partial charge in [0, 0.05) is 18.1 Å². The van der Waals surface area contributed by atoms with Crippen molar-refractivity contribution >= 4 is 40.4 Å². The van der Waals surface area contributed by atoms with Gasteiger partial charge in [-0.25, -0.2) is 9.97 Å². The summed E-state index contributed by atoms with van der Waals surface area (Å²) in [5, 5.41) is 12.8. The average molecular weight is 489 g/mol. The molecule has 3 N–H and O–H groups in total. The minimum atomic E-state index is 0.313. The summed E-state index contributed by atoms with van der Waals surface area (Å²) in [6.45, 7) is 2.66. The molecule has 1 saturated carbocycles. The van der Waals surface area contributed by atoms with Crippen LogP contribution in [0.1, 0.15) is 49.8 Å². The number of aromatic nitrogens is 4. The summed E-state index contributed by atoms with van der Waals surface area (Å²) in [6.07, 6.45) is 11.3. The summed E-state index contributed by atoms with van der Waals surface area (Å²) in [6, 6.07) is 11.3. The zero-order valence-corrected chi connectivity index (χ0v) is 20.4. The van der Waals surface area contributed by atoms with E-state index in [2.05, 4.69) is 38.4 Å². The van der Waals surface area contributed by atoms with E-state index in [-0.39, 0.29) is 0 Å². The molecule has 3 aromatic heterocycles. The number of nitrogens with zero attached hydrogens (tertiary/aromatic N) is 3. The molecule has 1 aliphatic carbocycles.